The molecule has 0 aliphatic carbocycles. The van der Waals surface area contributed by atoms with Crippen molar-refractivity contribution in [3.63, 3.8) is 0 Å². The van der Waals surface area contributed by atoms with Crippen molar-refractivity contribution < 1.29 is 18.4 Å². The number of hydrogen-bond donors (Lipinski definition) is 1. The van der Waals surface area contributed by atoms with Crippen LogP contribution in [0.3, 0.4) is 0 Å². The number of aromatic nitrogens is 6. The number of anilines is 1. The SMILES string of the molecule is Cc1noc(C)c1CN(C)C(=O)c1cc(-c2cc(-c3ccnn3C3CCOCC3)c3c(N)ncnn23)ccc1F. The number of fused-ring (bicyclic) bond motifs is 1. The molecule has 5 aromatic rings. The molecule has 1 saturated heterocycles. The number of carbonyl (C=O) groups excluding carboxylic acids is 1. The zero-order valence-electron chi connectivity index (χ0n) is 22.5. The molecule has 0 saturated carbocycles. The molecule has 6 rings (SSSR count). The minimum atomic E-state index is -0.618. The molecule has 0 atom stereocenters. The zero-order chi connectivity index (χ0) is 28.0. The molecular weight excluding hydrogens is 515 g/mol. The number of rotatable bonds is 6. The number of ether oxygens (including phenoxy) is 1. The molecule has 4 aromatic heterocycles. The van der Waals surface area contributed by atoms with Crippen LogP contribution in [0.1, 0.15) is 46.3 Å². The average molecular weight is 545 g/mol. The van der Waals surface area contributed by atoms with Crippen molar-refractivity contribution in [2.75, 3.05) is 26.0 Å². The van der Waals surface area contributed by atoms with Gasteiger partial charge in [-0.05, 0) is 57.0 Å². The second-order valence-corrected chi connectivity index (χ2v) is 10.0. The van der Waals surface area contributed by atoms with Crippen molar-refractivity contribution in [3.05, 3.63) is 71.3 Å². The number of nitrogens with zero attached hydrogens (tertiary/aromatic N) is 7. The maximum Gasteiger partial charge on any atom is 0.256 e. The Kier molecular flexibility index (Phi) is 6.54. The van der Waals surface area contributed by atoms with Crippen LogP contribution in [-0.4, -0.2) is 60.6 Å². The molecule has 1 aliphatic rings. The minimum absolute atomic E-state index is 0.0578. The third-order valence-electron chi connectivity index (χ3n) is 7.48. The number of nitrogen functional groups attached to an aromatic ring is 1. The lowest BCUT2D eigenvalue weighted by molar-refractivity contribution is 0.0667. The molecule has 1 fully saturated rings. The molecule has 206 valence electrons. The summed E-state index contributed by atoms with van der Waals surface area (Å²) < 4.78 is 29.5. The van der Waals surface area contributed by atoms with Crippen LogP contribution in [0.5, 0.6) is 0 Å². The van der Waals surface area contributed by atoms with Crippen LogP contribution in [0.4, 0.5) is 10.2 Å². The van der Waals surface area contributed by atoms with Gasteiger partial charge in [0.25, 0.3) is 5.91 Å². The van der Waals surface area contributed by atoms with E-state index in [1.807, 2.05) is 23.7 Å². The summed E-state index contributed by atoms with van der Waals surface area (Å²) in [6.45, 7) is 5.18. The van der Waals surface area contributed by atoms with E-state index in [4.69, 9.17) is 15.0 Å². The van der Waals surface area contributed by atoms with Crippen molar-refractivity contribution >= 4 is 17.2 Å². The van der Waals surface area contributed by atoms with Gasteiger partial charge in [-0.3, -0.25) is 9.48 Å². The number of nitrogens with two attached hydrogens (primary N) is 1. The van der Waals surface area contributed by atoms with Gasteiger partial charge < -0.3 is 19.9 Å². The Morgan fingerprint density at radius 2 is 1.95 bits per heavy atom. The van der Waals surface area contributed by atoms with Crippen molar-refractivity contribution in [2.24, 2.45) is 0 Å². The third-order valence-corrected chi connectivity index (χ3v) is 7.48. The van der Waals surface area contributed by atoms with Crippen LogP contribution in [0.25, 0.3) is 28.0 Å². The summed E-state index contributed by atoms with van der Waals surface area (Å²) in [5, 5.41) is 13.0. The predicted octanol–water partition coefficient (Wildman–Crippen LogP) is 4.21. The number of aryl methyl sites for hydroxylation is 2. The lowest BCUT2D eigenvalue weighted by Gasteiger charge is -2.24. The van der Waals surface area contributed by atoms with Gasteiger partial charge in [0.15, 0.2) is 5.82 Å². The van der Waals surface area contributed by atoms with E-state index in [2.05, 4.69) is 20.3 Å². The first-order chi connectivity index (χ1) is 19.3. The maximum absolute atomic E-state index is 15.0. The highest BCUT2D eigenvalue weighted by molar-refractivity contribution is 5.96. The second kappa shape index (κ2) is 10.2. The third kappa shape index (κ3) is 4.39. The lowest BCUT2D eigenvalue weighted by atomic mass is 10.0. The standard InChI is InChI=1S/C28H29FN8O3/c1-16-22(17(2)40-34-16)14-35(3)28(38)20-12-18(4-5-23(20)29)25-13-21(26-27(30)31-15-33-37(25)26)24-6-9-32-36(24)19-7-10-39-11-8-19/h4-6,9,12-13,15,19H,7-8,10-11,14H2,1-3H3,(H2,30,31,33). The van der Waals surface area contributed by atoms with Crippen LogP contribution in [0.2, 0.25) is 0 Å². The summed E-state index contributed by atoms with van der Waals surface area (Å²) in [4.78, 5) is 19.1. The van der Waals surface area contributed by atoms with Crippen LogP contribution in [-0.2, 0) is 11.3 Å². The molecule has 12 heteroatoms. The molecule has 1 aromatic carbocycles. The van der Waals surface area contributed by atoms with E-state index in [1.165, 1.54) is 17.3 Å². The fourth-order valence-corrected chi connectivity index (χ4v) is 5.31. The Morgan fingerprint density at radius 1 is 1.15 bits per heavy atom. The molecule has 2 N–H and O–H groups in total. The summed E-state index contributed by atoms with van der Waals surface area (Å²) in [6.07, 6.45) is 4.84. The number of halogens is 1. The van der Waals surface area contributed by atoms with Gasteiger partial charge in [-0.2, -0.15) is 10.2 Å². The molecule has 0 unspecified atom stereocenters. The summed E-state index contributed by atoms with van der Waals surface area (Å²) in [7, 11) is 1.62. The first-order valence-electron chi connectivity index (χ1n) is 13.0. The quantitative estimate of drug-likeness (QED) is 0.337. The van der Waals surface area contributed by atoms with E-state index in [-0.39, 0.29) is 18.2 Å². The van der Waals surface area contributed by atoms with E-state index in [0.717, 1.165) is 29.7 Å². The molecule has 11 nitrogen and oxygen atoms in total. The number of amides is 1. The first-order valence-corrected chi connectivity index (χ1v) is 13.0. The fraction of sp³-hybridized carbons (Fsp3) is 0.321. The van der Waals surface area contributed by atoms with E-state index in [1.54, 1.807) is 36.8 Å². The summed E-state index contributed by atoms with van der Waals surface area (Å²) in [5.74, 6) is -0.163. The maximum atomic E-state index is 15.0. The van der Waals surface area contributed by atoms with Crippen LogP contribution >= 0.6 is 0 Å². The number of carbonyl (C=O) groups is 1. The van der Waals surface area contributed by atoms with Crippen LogP contribution < -0.4 is 5.73 Å². The average Bonchev–Trinajstić information content (AvgIpc) is 3.68. The van der Waals surface area contributed by atoms with Crippen molar-refractivity contribution in [1.29, 1.82) is 0 Å². The molecule has 40 heavy (non-hydrogen) atoms. The van der Waals surface area contributed by atoms with E-state index in [0.29, 0.717) is 47.3 Å². The van der Waals surface area contributed by atoms with Gasteiger partial charge in [-0.15, -0.1) is 0 Å². The Morgan fingerprint density at radius 3 is 2.70 bits per heavy atom. The van der Waals surface area contributed by atoms with Crippen molar-refractivity contribution in [3.8, 4) is 22.5 Å². The summed E-state index contributed by atoms with van der Waals surface area (Å²) in [6, 6.07) is 8.52. The lowest BCUT2D eigenvalue weighted by Crippen LogP contribution is -2.27. The summed E-state index contributed by atoms with van der Waals surface area (Å²) in [5.41, 5.74) is 11.3. The van der Waals surface area contributed by atoms with Gasteiger partial charge in [-0.25, -0.2) is 13.9 Å². The second-order valence-electron chi connectivity index (χ2n) is 10.0. The molecule has 1 amide bonds. The summed E-state index contributed by atoms with van der Waals surface area (Å²) >= 11 is 0. The monoisotopic (exact) mass is 544 g/mol. The highest BCUT2D eigenvalue weighted by atomic mass is 19.1. The normalized spacial score (nSPS) is 14.2. The molecule has 0 bridgehead atoms. The zero-order valence-corrected chi connectivity index (χ0v) is 22.5. The van der Waals surface area contributed by atoms with Crippen LogP contribution in [0.15, 0.2) is 47.4 Å². The van der Waals surface area contributed by atoms with Gasteiger partial charge in [0, 0.05) is 43.1 Å². The van der Waals surface area contributed by atoms with E-state index in [9.17, 15) is 4.79 Å². The number of benzene rings is 1. The molecule has 0 spiro atoms. The smallest absolute Gasteiger partial charge is 0.256 e. The highest BCUT2D eigenvalue weighted by Gasteiger charge is 2.25. The Balaban J connectivity index is 1.41. The van der Waals surface area contributed by atoms with Gasteiger partial charge in [0.2, 0.25) is 0 Å². The Labute approximate surface area is 229 Å². The highest BCUT2D eigenvalue weighted by Crippen LogP contribution is 2.37. The van der Waals surface area contributed by atoms with Crippen molar-refractivity contribution in [1.82, 2.24) is 34.4 Å². The molecular formula is C28H29FN8O3. The Bertz CT molecular complexity index is 1700. The minimum Gasteiger partial charge on any atom is -0.382 e. The van der Waals surface area contributed by atoms with Gasteiger partial charge in [0.1, 0.15) is 23.4 Å². The molecule has 5 heterocycles. The molecule has 0 radical (unpaired) electrons. The topological polar surface area (TPSA) is 130 Å². The number of hydrogen-bond acceptors (Lipinski definition) is 8. The van der Waals surface area contributed by atoms with Gasteiger partial charge in [0.05, 0.1) is 35.2 Å². The van der Waals surface area contributed by atoms with E-state index < -0.39 is 11.7 Å². The Hall–Kier alpha value is -4.58. The van der Waals surface area contributed by atoms with Gasteiger partial charge in [-0.1, -0.05) is 5.16 Å². The van der Waals surface area contributed by atoms with Crippen molar-refractivity contribution in [2.45, 2.75) is 39.3 Å². The predicted molar refractivity (Wildman–Crippen MR) is 145 cm³/mol. The largest absolute Gasteiger partial charge is 0.382 e. The van der Waals surface area contributed by atoms with Gasteiger partial charge >= 0.3 is 0 Å². The fourth-order valence-electron chi connectivity index (χ4n) is 5.31. The first kappa shape index (κ1) is 25.7. The van der Waals surface area contributed by atoms with Crippen LogP contribution in [0, 0.1) is 19.7 Å². The van der Waals surface area contributed by atoms with E-state index >= 15 is 4.39 Å². The molecule has 1 aliphatic heterocycles.